The minimum Gasteiger partial charge on any atom is -0.0622 e. The molecule has 0 saturated heterocycles. The van der Waals surface area contributed by atoms with Crippen molar-refractivity contribution < 1.29 is 7.91 Å². The summed E-state index contributed by atoms with van der Waals surface area (Å²) in [6, 6.07) is 42.4. The summed E-state index contributed by atoms with van der Waals surface area (Å²) in [5, 5.41) is 0. The van der Waals surface area contributed by atoms with Gasteiger partial charge in [0.1, 0.15) is 0 Å². The van der Waals surface area contributed by atoms with Gasteiger partial charge >= 0.3 is 23.1 Å². The van der Waals surface area contributed by atoms with Crippen LogP contribution in [0.3, 0.4) is 0 Å². The fraction of sp³-hybridized carbons (Fsp3) is 0. The van der Waals surface area contributed by atoms with Crippen molar-refractivity contribution >= 4 is 11.7 Å². The Kier molecular flexibility index (Phi) is 4.73. The Morgan fingerprint density at radius 1 is 0.379 bits per heavy atom. The van der Waals surface area contributed by atoms with Crippen LogP contribution in [0.25, 0.3) is 33.9 Å². The van der Waals surface area contributed by atoms with Gasteiger partial charge in [-0.1, -0.05) is 72.8 Å². The van der Waals surface area contributed by atoms with Crippen molar-refractivity contribution in [2.45, 2.75) is 0 Å². The zero-order valence-electron chi connectivity index (χ0n) is 15.8. The van der Waals surface area contributed by atoms with Crippen molar-refractivity contribution in [3.05, 3.63) is 121 Å². The number of hydrogen-bond donors (Lipinski definition) is 0. The van der Waals surface area contributed by atoms with E-state index in [0.29, 0.717) is 0 Å². The van der Waals surface area contributed by atoms with Crippen LogP contribution < -0.4 is 7.91 Å². The monoisotopic (exact) mass is 392 g/mol. The van der Waals surface area contributed by atoms with E-state index in [2.05, 4.69) is 129 Å². The first kappa shape index (κ1) is 17.5. The van der Waals surface area contributed by atoms with E-state index < -0.39 is 0 Å². The van der Waals surface area contributed by atoms with Gasteiger partial charge in [0.15, 0.2) is 0 Å². The average molecular weight is 393 g/mol. The first-order chi connectivity index (χ1) is 14.4. The Morgan fingerprint density at radius 3 is 1.03 bits per heavy atom. The van der Waals surface area contributed by atoms with Gasteiger partial charge < -0.3 is 0 Å². The molecule has 1 aromatic heterocycles. The standard InChI is InChI=1S/C26H20N2S/c1-5-13-21(14-6-1)25-26(22-15-7-2-8-16-22)28(24-19-11-4-12-20-24)29-27(25)23-17-9-3-10-18-23/h1-20H/q+2. The van der Waals surface area contributed by atoms with Crippen LogP contribution in [0, 0.1) is 0 Å². The molecule has 4 aromatic carbocycles. The Bertz CT molecular complexity index is 1120. The molecule has 2 nitrogen and oxygen atoms in total. The molecular weight excluding hydrogens is 372 g/mol. The summed E-state index contributed by atoms with van der Waals surface area (Å²) >= 11 is 1.72. The zero-order chi connectivity index (χ0) is 19.5. The lowest BCUT2D eigenvalue weighted by molar-refractivity contribution is -0.559. The first-order valence-corrected chi connectivity index (χ1v) is 10.4. The highest BCUT2D eigenvalue weighted by Crippen LogP contribution is 2.30. The fourth-order valence-electron chi connectivity index (χ4n) is 3.53. The number of hydrogen-bond acceptors (Lipinski definition) is 1. The minimum atomic E-state index is 1.16. The molecule has 3 heteroatoms. The Balaban J connectivity index is 1.89. The van der Waals surface area contributed by atoms with Crippen LogP contribution in [0.15, 0.2) is 121 Å². The van der Waals surface area contributed by atoms with Gasteiger partial charge in [0.05, 0.1) is 11.1 Å². The van der Waals surface area contributed by atoms with Gasteiger partial charge in [0.2, 0.25) is 11.4 Å². The number of nitrogens with zero attached hydrogens (tertiary/aromatic N) is 2. The van der Waals surface area contributed by atoms with Gasteiger partial charge in [-0.2, -0.15) is 0 Å². The molecule has 0 bridgehead atoms. The molecule has 0 saturated carbocycles. The molecule has 0 aliphatic carbocycles. The Labute approximate surface area is 174 Å². The maximum atomic E-state index is 2.32. The zero-order valence-corrected chi connectivity index (χ0v) is 16.7. The molecule has 0 amide bonds. The molecule has 0 N–H and O–H groups in total. The van der Waals surface area contributed by atoms with Crippen LogP contribution in [-0.2, 0) is 0 Å². The third kappa shape index (κ3) is 3.37. The van der Waals surface area contributed by atoms with Crippen LogP contribution in [0.2, 0.25) is 0 Å². The van der Waals surface area contributed by atoms with Crippen LogP contribution in [0.5, 0.6) is 0 Å². The predicted molar refractivity (Wildman–Crippen MR) is 118 cm³/mol. The van der Waals surface area contributed by atoms with E-state index in [9.17, 15) is 0 Å². The highest BCUT2D eigenvalue weighted by atomic mass is 32.1. The number of rotatable bonds is 4. The molecule has 0 spiro atoms. The maximum absolute atomic E-state index is 2.32. The highest BCUT2D eigenvalue weighted by molar-refractivity contribution is 6.91. The molecule has 0 fully saturated rings. The minimum absolute atomic E-state index is 1.16. The van der Waals surface area contributed by atoms with E-state index in [1.807, 2.05) is 0 Å². The molecule has 0 aliphatic heterocycles. The van der Waals surface area contributed by atoms with E-state index >= 15 is 0 Å². The van der Waals surface area contributed by atoms with E-state index in [-0.39, 0.29) is 0 Å². The number of aromatic nitrogens is 2. The molecule has 5 rings (SSSR count). The Morgan fingerprint density at radius 2 is 0.690 bits per heavy atom. The van der Waals surface area contributed by atoms with E-state index in [1.165, 1.54) is 22.5 Å². The molecule has 0 radical (unpaired) electrons. The first-order valence-electron chi connectivity index (χ1n) is 9.65. The average Bonchev–Trinajstić information content (AvgIpc) is 3.22. The summed E-state index contributed by atoms with van der Waals surface area (Å²) in [5.74, 6) is 0. The second-order valence-corrected chi connectivity index (χ2v) is 7.66. The molecule has 0 aliphatic rings. The van der Waals surface area contributed by atoms with Gasteiger partial charge in [-0.3, -0.25) is 0 Å². The molecule has 29 heavy (non-hydrogen) atoms. The van der Waals surface area contributed by atoms with Crippen molar-refractivity contribution in [3.63, 3.8) is 0 Å². The SMILES string of the molecule is c1ccc(-c2c(-c3ccccc3)[n+](-c3ccccc3)s[n+]2-c2ccccc2)cc1. The van der Waals surface area contributed by atoms with Crippen molar-refractivity contribution in [1.29, 1.82) is 0 Å². The maximum Gasteiger partial charge on any atom is 0.449 e. The molecule has 0 unspecified atom stereocenters. The van der Waals surface area contributed by atoms with E-state index in [1.54, 1.807) is 11.7 Å². The smallest absolute Gasteiger partial charge is 0.0622 e. The van der Waals surface area contributed by atoms with Crippen molar-refractivity contribution in [3.8, 4) is 33.9 Å². The third-order valence-corrected chi connectivity index (χ3v) is 5.98. The largest absolute Gasteiger partial charge is 0.449 e. The van der Waals surface area contributed by atoms with Gasteiger partial charge in [-0.25, -0.2) is 0 Å². The van der Waals surface area contributed by atoms with Gasteiger partial charge in [-0.05, 0) is 32.2 Å². The lowest BCUT2D eigenvalue weighted by Gasteiger charge is -1.98. The van der Waals surface area contributed by atoms with Gasteiger partial charge in [0.25, 0.3) is 0 Å². The van der Waals surface area contributed by atoms with Crippen molar-refractivity contribution in [2.24, 2.45) is 0 Å². The van der Waals surface area contributed by atoms with E-state index in [0.717, 1.165) is 11.4 Å². The summed E-state index contributed by atoms with van der Waals surface area (Å²) in [6.07, 6.45) is 0. The molecule has 0 atom stereocenters. The normalized spacial score (nSPS) is 10.8. The molecule has 1 heterocycles. The highest BCUT2D eigenvalue weighted by Gasteiger charge is 2.38. The predicted octanol–water partition coefficient (Wildman–Crippen LogP) is 5.64. The molecule has 5 aromatic rings. The molecule has 138 valence electrons. The lowest BCUT2D eigenvalue weighted by atomic mass is 10.0. The summed E-state index contributed by atoms with van der Waals surface area (Å²) in [7, 11) is 0. The summed E-state index contributed by atoms with van der Waals surface area (Å²) in [4.78, 5) is 0. The van der Waals surface area contributed by atoms with Gasteiger partial charge in [-0.15, -0.1) is 0 Å². The summed E-state index contributed by atoms with van der Waals surface area (Å²) in [6.45, 7) is 0. The molecular formula is C26H20N2S+2. The van der Waals surface area contributed by atoms with Crippen molar-refractivity contribution in [2.75, 3.05) is 0 Å². The number of para-hydroxylation sites is 2. The van der Waals surface area contributed by atoms with Crippen LogP contribution >= 0.6 is 11.7 Å². The second kappa shape index (κ2) is 7.82. The van der Waals surface area contributed by atoms with Crippen LogP contribution in [0.1, 0.15) is 0 Å². The third-order valence-electron chi connectivity index (χ3n) is 4.87. The quantitative estimate of drug-likeness (QED) is 0.350. The lowest BCUT2D eigenvalue weighted by Crippen LogP contribution is -2.31. The number of benzene rings is 4. The van der Waals surface area contributed by atoms with Crippen molar-refractivity contribution in [1.82, 2.24) is 0 Å². The van der Waals surface area contributed by atoms with Crippen LogP contribution in [0.4, 0.5) is 0 Å². The summed E-state index contributed by atoms with van der Waals surface area (Å²) in [5.41, 5.74) is 7.09. The van der Waals surface area contributed by atoms with Gasteiger partial charge in [0, 0.05) is 24.3 Å². The fourth-order valence-corrected chi connectivity index (χ4v) is 4.68. The van der Waals surface area contributed by atoms with E-state index in [4.69, 9.17) is 0 Å². The summed E-state index contributed by atoms with van der Waals surface area (Å²) < 4.78 is 4.65. The topological polar surface area (TPSA) is 7.76 Å². The Hall–Kier alpha value is -3.56. The van der Waals surface area contributed by atoms with Crippen LogP contribution in [-0.4, -0.2) is 0 Å². The second-order valence-electron chi connectivity index (χ2n) is 6.77.